The minimum atomic E-state index is -0.403. The van der Waals surface area contributed by atoms with Crippen molar-refractivity contribution in [3.05, 3.63) is 53.6 Å². The Kier molecular flexibility index (Phi) is 9.51. The van der Waals surface area contributed by atoms with Crippen molar-refractivity contribution in [3.8, 4) is 17.2 Å². The van der Waals surface area contributed by atoms with Crippen LogP contribution in [0, 0.1) is 0 Å². The Morgan fingerprint density at radius 1 is 0.867 bits per heavy atom. The number of amides is 2. The summed E-state index contributed by atoms with van der Waals surface area (Å²) in [5, 5.41) is 0. The maximum Gasteiger partial charge on any atom is 0.269 e. The van der Waals surface area contributed by atoms with Gasteiger partial charge >= 0.3 is 0 Å². The average Bonchev–Trinajstić information content (AvgIpc) is 2.78. The minimum Gasteiger partial charge on any atom is -0.497 e. The molecule has 2 N–H and O–H groups in total. The Labute approximate surface area is 177 Å². The fraction of sp³-hybridized carbons (Fsp3) is 0.391. The number of hydrogen-bond donors (Lipinski definition) is 2. The number of hydrogen-bond acceptors (Lipinski definition) is 5. The van der Waals surface area contributed by atoms with E-state index in [2.05, 4.69) is 17.8 Å². The molecule has 2 rings (SSSR count). The standard InChI is InChI=1S/C23H30N2O5/c1-4-5-6-7-14-30-19-11-8-17(9-12-19)23(27)25-24-22(26)15-18-10-13-20(28-2)16-21(18)29-3/h8-13,16H,4-7,14-15H2,1-3H3,(H,24,26)(H,25,27). The third-order valence-electron chi connectivity index (χ3n) is 4.54. The van der Waals surface area contributed by atoms with E-state index in [0.717, 1.165) is 18.6 Å². The lowest BCUT2D eigenvalue weighted by molar-refractivity contribution is -0.121. The molecule has 2 aromatic carbocycles. The summed E-state index contributed by atoms with van der Waals surface area (Å²) < 4.78 is 16.1. The Hall–Kier alpha value is -3.22. The first-order chi connectivity index (χ1) is 14.6. The van der Waals surface area contributed by atoms with Gasteiger partial charge in [0, 0.05) is 17.2 Å². The quantitative estimate of drug-likeness (QED) is 0.433. The summed E-state index contributed by atoms with van der Waals surface area (Å²) in [5.41, 5.74) is 5.95. The van der Waals surface area contributed by atoms with Crippen molar-refractivity contribution in [1.82, 2.24) is 10.9 Å². The molecule has 0 radical (unpaired) electrons. The second-order valence-corrected chi connectivity index (χ2v) is 6.79. The predicted octanol–water partition coefficient (Wildman–Crippen LogP) is 3.67. The number of unbranched alkanes of at least 4 members (excludes halogenated alkanes) is 3. The van der Waals surface area contributed by atoms with Crippen LogP contribution in [-0.4, -0.2) is 32.6 Å². The van der Waals surface area contributed by atoms with E-state index < -0.39 is 5.91 Å². The second-order valence-electron chi connectivity index (χ2n) is 6.79. The van der Waals surface area contributed by atoms with Gasteiger partial charge in [-0.1, -0.05) is 32.3 Å². The van der Waals surface area contributed by atoms with E-state index in [0.29, 0.717) is 29.2 Å². The van der Waals surface area contributed by atoms with Gasteiger partial charge < -0.3 is 14.2 Å². The lowest BCUT2D eigenvalue weighted by Crippen LogP contribution is -2.42. The monoisotopic (exact) mass is 414 g/mol. The lowest BCUT2D eigenvalue weighted by atomic mass is 10.1. The van der Waals surface area contributed by atoms with Crippen LogP contribution in [0.4, 0.5) is 0 Å². The average molecular weight is 415 g/mol. The predicted molar refractivity (Wildman–Crippen MR) is 115 cm³/mol. The van der Waals surface area contributed by atoms with Gasteiger partial charge in [-0.2, -0.15) is 0 Å². The van der Waals surface area contributed by atoms with Crippen LogP contribution < -0.4 is 25.1 Å². The maximum absolute atomic E-state index is 12.2. The van der Waals surface area contributed by atoms with E-state index in [4.69, 9.17) is 14.2 Å². The number of carbonyl (C=O) groups is 2. The van der Waals surface area contributed by atoms with Gasteiger partial charge in [-0.15, -0.1) is 0 Å². The number of nitrogens with one attached hydrogen (secondary N) is 2. The first-order valence-electron chi connectivity index (χ1n) is 10.1. The van der Waals surface area contributed by atoms with Crippen molar-refractivity contribution in [2.24, 2.45) is 0 Å². The summed E-state index contributed by atoms with van der Waals surface area (Å²) in [6.45, 7) is 2.83. The second kappa shape index (κ2) is 12.4. The fourth-order valence-corrected chi connectivity index (χ4v) is 2.84. The van der Waals surface area contributed by atoms with E-state index in [-0.39, 0.29) is 12.3 Å². The summed E-state index contributed by atoms with van der Waals surface area (Å²) >= 11 is 0. The molecule has 0 spiro atoms. The molecule has 0 saturated carbocycles. The third-order valence-corrected chi connectivity index (χ3v) is 4.54. The Morgan fingerprint density at radius 2 is 1.60 bits per heavy atom. The number of rotatable bonds is 11. The molecule has 0 fully saturated rings. The topological polar surface area (TPSA) is 85.9 Å². The van der Waals surface area contributed by atoms with Crippen molar-refractivity contribution in [2.45, 2.75) is 39.0 Å². The van der Waals surface area contributed by atoms with Gasteiger partial charge in [0.25, 0.3) is 5.91 Å². The van der Waals surface area contributed by atoms with Gasteiger partial charge in [0.15, 0.2) is 0 Å². The zero-order valence-corrected chi connectivity index (χ0v) is 17.8. The van der Waals surface area contributed by atoms with Crippen molar-refractivity contribution < 1.29 is 23.8 Å². The lowest BCUT2D eigenvalue weighted by Gasteiger charge is -2.11. The molecular weight excluding hydrogens is 384 g/mol. The molecule has 7 heteroatoms. The molecule has 0 atom stereocenters. The number of benzene rings is 2. The molecule has 2 aromatic rings. The number of carbonyl (C=O) groups excluding carboxylic acids is 2. The van der Waals surface area contributed by atoms with Crippen molar-refractivity contribution >= 4 is 11.8 Å². The molecule has 0 aliphatic rings. The van der Waals surface area contributed by atoms with Gasteiger partial charge in [0.1, 0.15) is 17.2 Å². The summed E-state index contributed by atoms with van der Waals surface area (Å²) in [5.74, 6) is 1.14. The van der Waals surface area contributed by atoms with Crippen LogP contribution >= 0.6 is 0 Å². The zero-order chi connectivity index (χ0) is 21.8. The minimum absolute atomic E-state index is 0.0538. The number of hydrazine groups is 1. The molecule has 0 aliphatic carbocycles. The molecule has 7 nitrogen and oxygen atoms in total. The van der Waals surface area contributed by atoms with Crippen LogP contribution in [0.25, 0.3) is 0 Å². The largest absolute Gasteiger partial charge is 0.497 e. The molecule has 0 unspecified atom stereocenters. The first kappa shape index (κ1) is 23.1. The van der Waals surface area contributed by atoms with Crippen LogP contribution in [0.15, 0.2) is 42.5 Å². The van der Waals surface area contributed by atoms with E-state index in [1.165, 1.54) is 20.0 Å². The fourth-order valence-electron chi connectivity index (χ4n) is 2.84. The highest BCUT2D eigenvalue weighted by atomic mass is 16.5. The highest BCUT2D eigenvalue weighted by Gasteiger charge is 2.12. The highest BCUT2D eigenvalue weighted by molar-refractivity contribution is 5.95. The van der Waals surface area contributed by atoms with Gasteiger partial charge in [-0.3, -0.25) is 20.4 Å². The first-order valence-corrected chi connectivity index (χ1v) is 10.1. The van der Waals surface area contributed by atoms with Gasteiger partial charge in [0.05, 0.1) is 27.2 Å². The Morgan fingerprint density at radius 3 is 2.27 bits per heavy atom. The SMILES string of the molecule is CCCCCCOc1ccc(C(=O)NNC(=O)Cc2ccc(OC)cc2OC)cc1. The summed E-state index contributed by atoms with van der Waals surface area (Å²) in [6.07, 6.45) is 4.62. The van der Waals surface area contributed by atoms with Crippen molar-refractivity contribution in [3.63, 3.8) is 0 Å². The molecular formula is C23H30N2O5. The van der Waals surface area contributed by atoms with E-state index in [1.807, 2.05) is 0 Å². The molecule has 0 heterocycles. The summed E-state index contributed by atoms with van der Waals surface area (Å²) in [6, 6.07) is 12.0. The Bertz CT molecular complexity index is 821. The molecule has 0 saturated heterocycles. The molecule has 162 valence electrons. The van der Waals surface area contributed by atoms with E-state index >= 15 is 0 Å². The van der Waals surface area contributed by atoms with Gasteiger partial charge in [0.2, 0.25) is 5.91 Å². The van der Waals surface area contributed by atoms with E-state index in [1.54, 1.807) is 49.6 Å². The molecule has 2 amide bonds. The third kappa shape index (κ3) is 7.31. The number of ether oxygens (including phenoxy) is 3. The Balaban J connectivity index is 1.80. The smallest absolute Gasteiger partial charge is 0.269 e. The van der Waals surface area contributed by atoms with Crippen LogP contribution in [0.1, 0.15) is 48.5 Å². The number of methoxy groups -OCH3 is 2. The molecule has 0 aliphatic heterocycles. The van der Waals surface area contributed by atoms with E-state index in [9.17, 15) is 9.59 Å². The molecule has 30 heavy (non-hydrogen) atoms. The van der Waals surface area contributed by atoms with Crippen LogP contribution in [-0.2, 0) is 11.2 Å². The van der Waals surface area contributed by atoms with Crippen LogP contribution in [0.5, 0.6) is 17.2 Å². The van der Waals surface area contributed by atoms with Crippen LogP contribution in [0.2, 0.25) is 0 Å². The normalized spacial score (nSPS) is 10.2. The van der Waals surface area contributed by atoms with Crippen molar-refractivity contribution in [2.75, 3.05) is 20.8 Å². The molecule has 0 bridgehead atoms. The van der Waals surface area contributed by atoms with Gasteiger partial charge in [-0.25, -0.2) is 0 Å². The molecule has 0 aromatic heterocycles. The summed E-state index contributed by atoms with van der Waals surface area (Å²) in [7, 11) is 3.08. The summed E-state index contributed by atoms with van der Waals surface area (Å²) in [4.78, 5) is 24.4. The van der Waals surface area contributed by atoms with Crippen LogP contribution in [0.3, 0.4) is 0 Å². The zero-order valence-electron chi connectivity index (χ0n) is 17.8. The maximum atomic E-state index is 12.2. The highest BCUT2D eigenvalue weighted by Crippen LogP contribution is 2.24. The van der Waals surface area contributed by atoms with Gasteiger partial charge in [-0.05, 0) is 36.8 Å². The van der Waals surface area contributed by atoms with Crippen molar-refractivity contribution in [1.29, 1.82) is 0 Å².